The highest BCUT2D eigenvalue weighted by atomic mass is 16.3. The first-order valence-electron chi connectivity index (χ1n) is 3.89. The first-order chi connectivity index (χ1) is 5.88. The van der Waals surface area contributed by atoms with Crippen molar-refractivity contribution >= 4 is 11.2 Å². The van der Waals surface area contributed by atoms with Gasteiger partial charge in [-0.2, -0.15) is 4.98 Å². The highest BCUT2D eigenvalue weighted by Crippen LogP contribution is 2.09. The molecule has 0 unspecified atom stereocenters. The van der Waals surface area contributed by atoms with Gasteiger partial charge >= 0.3 is 0 Å². The van der Waals surface area contributed by atoms with Gasteiger partial charge in [0.25, 0.3) is 0 Å². The zero-order chi connectivity index (χ0) is 8.97. The van der Waals surface area contributed by atoms with E-state index in [2.05, 4.69) is 15.0 Å². The number of fused-ring (bicyclic) bond motifs is 1. The fourth-order valence-electron chi connectivity index (χ4n) is 0.809. The predicted octanol–water partition coefficient (Wildman–Crippen LogP) is 1.95. The summed E-state index contributed by atoms with van der Waals surface area (Å²) in [5.41, 5.74) is 2.13. The monoisotopic (exact) mass is 165 g/mol. The van der Waals surface area contributed by atoms with Crippen LogP contribution in [0.5, 0.6) is 0 Å². The second-order valence-electron chi connectivity index (χ2n) is 1.97. The Morgan fingerprint density at radius 2 is 1.92 bits per heavy atom. The van der Waals surface area contributed by atoms with Crippen molar-refractivity contribution < 1.29 is 4.42 Å². The van der Waals surface area contributed by atoms with E-state index in [-0.39, 0.29) is 0 Å². The van der Waals surface area contributed by atoms with Crippen molar-refractivity contribution in [2.45, 2.75) is 20.8 Å². The van der Waals surface area contributed by atoms with Gasteiger partial charge in [-0.05, 0) is 6.92 Å². The van der Waals surface area contributed by atoms with Gasteiger partial charge in [0.1, 0.15) is 6.33 Å². The molecule has 0 spiro atoms. The number of nitrogens with zero attached hydrogens (tertiary/aromatic N) is 3. The van der Waals surface area contributed by atoms with Crippen LogP contribution in [-0.2, 0) is 0 Å². The highest BCUT2D eigenvalue weighted by Gasteiger charge is 2.00. The summed E-state index contributed by atoms with van der Waals surface area (Å²) in [5, 5.41) is 0. The summed E-state index contributed by atoms with van der Waals surface area (Å²) >= 11 is 0. The smallest absolute Gasteiger partial charge is 0.250 e. The Morgan fingerprint density at radius 3 is 2.58 bits per heavy atom. The van der Waals surface area contributed by atoms with E-state index in [9.17, 15) is 0 Å². The summed E-state index contributed by atoms with van der Waals surface area (Å²) in [5.74, 6) is 0. The van der Waals surface area contributed by atoms with Crippen LogP contribution in [0.25, 0.3) is 11.2 Å². The van der Waals surface area contributed by atoms with Gasteiger partial charge in [-0.25, -0.2) is 9.97 Å². The summed E-state index contributed by atoms with van der Waals surface area (Å²) < 4.78 is 4.94. The molecule has 2 aromatic rings. The maximum absolute atomic E-state index is 4.94. The Hall–Kier alpha value is -1.45. The van der Waals surface area contributed by atoms with E-state index in [1.165, 1.54) is 12.7 Å². The van der Waals surface area contributed by atoms with Crippen molar-refractivity contribution in [3.63, 3.8) is 0 Å². The van der Waals surface area contributed by atoms with Crippen molar-refractivity contribution in [1.82, 2.24) is 15.0 Å². The molecular weight excluding hydrogens is 154 g/mol. The van der Waals surface area contributed by atoms with Crippen LogP contribution in [0.1, 0.15) is 19.5 Å². The summed E-state index contributed by atoms with van der Waals surface area (Å²) in [6.45, 7) is 5.87. The van der Waals surface area contributed by atoms with E-state index in [0.29, 0.717) is 5.71 Å². The minimum atomic E-state index is 0.549. The molecule has 0 aromatic carbocycles. The highest BCUT2D eigenvalue weighted by molar-refractivity contribution is 5.69. The second-order valence-corrected chi connectivity index (χ2v) is 1.97. The third kappa shape index (κ3) is 1.42. The molecular formula is C8H11N3O. The molecule has 64 valence electrons. The van der Waals surface area contributed by atoms with Crippen LogP contribution >= 0.6 is 0 Å². The molecule has 12 heavy (non-hydrogen) atoms. The Balaban J connectivity index is 0.000000336. The quantitative estimate of drug-likeness (QED) is 0.598. The summed E-state index contributed by atoms with van der Waals surface area (Å²) in [6.07, 6.45) is 2.83. The van der Waals surface area contributed by atoms with Crippen molar-refractivity contribution in [2.75, 3.05) is 0 Å². The zero-order valence-electron chi connectivity index (χ0n) is 7.40. The van der Waals surface area contributed by atoms with Gasteiger partial charge in [0.15, 0.2) is 11.9 Å². The van der Waals surface area contributed by atoms with E-state index in [1.54, 1.807) is 0 Å². The molecule has 2 heterocycles. The first-order valence-corrected chi connectivity index (χ1v) is 3.89. The van der Waals surface area contributed by atoms with Crippen LogP contribution in [0, 0.1) is 6.92 Å². The van der Waals surface area contributed by atoms with Gasteiger partial charge in [0, 0.05) is 0 Å². The number of hydrogen-bond acceptors (Lipinski definition) is 4. The molecule has 0 radical (unpaired) electrons. The van der Waals surface area contributed by atoms with Crippen LogP contribution < -0.4 is 0 Å². The summed E-state index contributed by atoms with van der Waals surface area (Å²) in [6, 6.07) is 0. The lowest BCUT2D eigenvalue weighted by molar-refractivity contribution is 0.590. The second kappa shape index (κ2) is 3.80. The maximum Gasteiger partial charge on any atom is 0.250 e. The van der Waals surface area contributed by atoms with Gasteiger partial charge in [-0.3, -0.25) is 0 Å². The van der Waals surface area contributed by atoms with Gasteiger partial charge in [0.05, 0.1) is 5.69 Å². The number of rotatable bonds is 0. The molecule has 0 bridgehead atoms. The molecule has 0 saturated heterocycles. The standard InChI is InChI=1S/C6H5N3O.C2H6/c1-4-5-6(8-2-7-4)10-3-9-5;1-2/h2-3H,1H3;1-2H3. The average molecular weight is 165 g/mol. The van der Waals surface area contributed by atoms with Crippen molar-refractivity contribution in [3.05, 3.63) is 18.4 Å². The third-order valence-corrected chi connectivity index (χ3v) is 1.32. The minimum absolute atomic E-state index is 0.549. The summed E-state index contributed by atoms with van der Waals surface area (Å²) in [7, 11) is 0. The number of aryl methyl sites for hydroxylation is 1. The fraction of sp³-hybridized carbons (Fsp3) is 0.375. The Kier molecular flexibility index (Phi) is 2.74. The third-order valence-electron chi connectivity index (χ3n) is 1.32. The molecule has 0 aliphatic rings. The van der Waals surface area contributed by atoms with E-state index in [4.69, 9.17) is 4.42 Å². The SMILES string of the molecule is CC.Cc1ncnc2ocnc12. The molecule has 4 nitrogen and oxygen atoms in total. The van der Waals surface area contributed by atoms with Crippen LogP contribution in [0.3, 0.4) is 0 Å². The normalized spacial score (nSPS) is 9.25. The topological polar surface area (TPSA) is 51.8 Å². The Bertz CT molecular complexity index is 356. The van der Waals surface area contributed by atoms with Crippen molar-refractivity contribution in [3.8, 4) is 0 Å². The van der Waals surface area contributed by atoms with Gasteiger partial charge in [0.2, 0.25) is 5.71 Å². The zero-order valence-corrected chi connectivity index (χ0v) is 7.40. The van der Waals surface area contributed by atoms with E-state index in [0.717, 1.165) is 11.2 Å². The van der Waals surface area contributed by atoms with Crippen LogP contribution in [0.4, 0.5) is 0 Å². The van der Waals surface area contributed by atoms with Crippen LogP contribution in [0.15, 0.2) is 17.1 Å². The first kappa shape index (κ1) is 8.64. The number of hydrogen-bond donors (Lipinski definition) is 0. The molecule has 4 heteroatoms. The molecule has 0 aliphatic heterocycles. The molecule has 2 aromatic heterocycles. The molecule has 0 N–H and O–H groups in total. The molecule has 0 amide bonds. The predicted molar refractivity (Wildman–Crippen MR) is 45.7 cm³/mol. The molecule has 0 saturated carbocycles. The van der Waals surface area contributed by atoms with Gasteiger partial charge in [-0.1, -0.05) is 13.8 Å². The van der Waals surface area contributed by atoms with Crippen molar-refractivity contribution in [2.24, 2.45) is 0 Å². The molecule has 0 atom stereocenters. The molecule has 0 aliphatic carbocycles. The number of aromatic nitrogens is 3. The number of oxazole rings is 1. The van der Waals surface area contributed by atoms with E-state index < -0.39 is 0 Å². The Labute approximate surface area is 70.7 Å². The largest absolute Gasteiger partial charge is 0.425 e. The lowest BCUT2D eigenvalue weighted by Crippen LogP contribution is -1.83. The molecule has 0 fully saturated rings. The van der Waals surface area contributed by atoms with Crippen LogP contribution in [0.2, 0.25) is 0 Å². The Morgan fingerprint density at radius 1 is 1.17 bits per heavy atom. The fourth-order valence-corrected chi connectivity index (χ4v) is 0.809. The lowest BCUT2D eigenvalue weighted by Gasteiger charge is -1.87. The lowest BCUT2D eigenvalue weighted by atomic mass is 10.4. The van der Waals surface area contributed by atoms with E-state index >= 15 is 0 Å². The van der Waals surface area contributed by atoms with Gasteiger partial charge < -0.3 is 4.42 Å². The maximum atomic E-state index is 4.94. The van der Waals surface area contributed by atoms with Crippen molar-refractivity contribution in [1.29, 1.82) is 0 Å². The molecule has 2 rings (SSSR count). The van der Waals surface area contributed by atoms with Crippen LogP contribution in [-0.4, -0.2) is 15.0 Å². The van der Waals surface area contributed by atoms with Gasteiger partial charge in [-0.15, -0.1) is 0 Å². The minimum Gasteiger partial charge on any atom is -0.425 e. The summed E-state index contributed by atoms with van der Waals surface area (Å²) in [4.78, 5) is 11.7. The van der Waals surface area contributed by atoms with E-state index in [1.807, 2.05) is 20.8 Å². The average Bonchev–Trinajstić information content (AvgIpc) is 2.57.